The Morgan fingerprint density at radius 3 is 2.52 bits per heavy atom. The molecule has 0 radical (unpaired) electrons. The summed E-state index contributed by atoms with van der Waals surface area (Å²) in [6.07, 6.45) is 1.64. The third-order valence-corrected chi connectivity index (χ3v) is 3.38. The number of hydrogen-bond acceptors (Lipinski definition) is 6. The van der Waals surface area contributed by atoms with Gasteiger partial charge < -0.3 is 0 Å². The normalized spacial score (nSPS) is 13.9. The smallest absolute Gasteiger partial charge is 0.195 e. The summed E-state index contributed by atoms with van der Waals surface area (Å²) in [6, 6.07) is 9.74. The van der Waals surface area contributed by atoms with Gasteiger partial charge in [-0.25, -0.2) is 4.68 Å². The topological polar surface area (TPSA) is 69.8 Å². The van der Waals surface area contributed by atoms with Crippen molar-refractivity contribution in [1.29, 1.82) is 0 Å². The zero-order valence-corrected chi connectivity index (χ0v) is 13.2. The average molecular weight is 348 g/mol. The lowest BCUT2D eigenvalue weighted by molar-refractivity contribution is 0.246. The standard InChI is InChI=1S/C13H14BrN7/c1-9-7-10(2)20(17-9)13-8-15-21(19-16-13)18-12-5-3-11(14)4-6-12/h3-8,18-19H,1-2H3. The predicted molar refractivity (Wildman–Crippen MR) is 85.8 cm³/mol. The maximum Gasteiger partial charge on any atom is 0.195 e. The maximum atomic E-state index is 4.36. The average Bonchev–Trinajstić information content (AvgIpc) is 2.81. The fourth-order valence-corrected chi connectivity index (χ4v) is 2.19. The van der Waals surface area contributed by atoms with Crippen LogP contribution in [0.15, 0.2) is 45.0 Å². The van der Waals surface area contributed by atoms with Gasteiger partial charge in [0.05, 0.1) is 17.6 Å². The van der Waals surface area contributed by atoms with Crippen molar-refractivity contribution < 1.29 is 0 Å². The molecule has 0 fully saturated rings. The van der Waals surface area contributed by atoms with Crippen molar-refractivity contribution in [3.05, 3.63) is 46.2 Å². The van der Waals surface area contributed by atoms with Crippen molar-refractivity contribution in [2.45, 2.75) is 13.8 Å². The van der Waals surface area contributed by atoms with E-state index in [4.69, 9.17) is 0 Å². The van der Waals surface area contributed by atoms with Crippen LogP contribution in [0, 0.1) is 13.8 Å². The Morgan fingerprint density at radius 2 is 1.95 bits per heavy atom. The third-order valence-electron chi connectivity index (χ3n) is 2.85. The predicted octanol–water partition coefficient (Wildman–Crippen LogP) is 2.26. The van der Waals surface area contributed by atoms with Gasteiger partial charge in [0.15, 0.2) is 5.84 Å². The molecule has 2 aromatic rings. The van der Waals surface area contributed by atoms with Gasteiger partial charge in [0.2, 0.25) is 0 Å². The fraction of sp³-hybridized carbons (Fsp3) is 0.154. The molecule has 1 aliphatic rings. The molecule has 0 atom stereocenters. The molecular weight excluding hydrogens is 334 g/mol. The van der Waals surface area contributed by atoms with Crippen LogP contribution in [0.2, 0.25) is 0 Å². The summed E-state index contributed by atoms with van der Waals surface area (Å²) in [5.41, 5.74) is 8.72. The Bertz CT molecular complexity index is 702. The van der Waals surface area contributed by atoms with Crippen LogP contribution >= 0.6 is 15.9 Å². The molecule has 2 N–H and O–H groups in total. The second-order valence-corrected chi connectivity index (χ2v) is 5.50. The van der Waals surface area contributed by atoms with E-state index >= 15 is 0 Å². The van der Waals surface area contributed by atoms with Crippen LogP contribution in [0.25, 0.3) is 0 Å². The Morgan fingerprint density at radius 1 is 1.19 bits per heavy atom. The molecule has 0 saturated heterocycles. The minimum absolute atomic E-state index is 0.634. The van der Waals surface area contributed by atoms with E-state index < -0.39 is 0 Å². The van der Waals surface area contributed by atoms with Crippen LogP contribution in [-0.4, -0.2) is 27.1 Å². The van der Waals surface area contributed by atoms with E-state index in [1.54, 1.807) is 10.9 Å². The van der Waals surface area contributed by atoms with Crippen molar-refractivity contribution in [3.63, 3.8) is 0 Å². The van der Waals surface area contributed by atoms with Gasteiger partial charge in [0, 0.05) is 10.2 Å². The van der Waals surface area contributed by atoms with Crippen LogP contribution in [0.4, 0.5) is 5.69 Å². The first-order valence-corrected chi connectivity index (χ1v) is 7.14. The molecule has 1 aliphatic heterocycles. The zero-order chi connectivity index (χ0) is 14.8. The summed E-state index contributed by atoms with van der Waals surface area (Å²) in [5.74, 6) is 0.634. The number of nitrogens with zero attached hydrogens (tertiary/aromatic N) is 5. The first-order chi connectivity index (χ1) is 10.1. The monoisotopic (exact) mass is 347 g/mol. The Balaban J connectivity index is 1.68. The summed E-state index contributed by atoms with van der Waals surface area (Å²) in [5, 5.41) is 14.3. The highest BCUT2D eigenvalue weighted by atomic mass is 79.9. The second-order valence-electron chi connectivity index (χ2n) is 4.58. The number of benzene rings is 1. The summed E-state index contributed by atoms with van der Waals surface area (Å²) >= 11 is 3.39. The van der Waals surface area contributed by atoms with Crippen molar-refractivity contribution >= 4 is 33.7 Å². The number of hydrazine groups is 2. The molecule has 0 aliphatic carbocycles. The first kappa shape index (κ1) is 13.6. The maximum absolute atomic E-state index is 4.36. The number of aromatic nitrogens is 2. The van der Waals surface area contributed by atoms with Gasteiger partial charge in [-0.2, -0.15) is 10.6 Å². The van der Waals surface area contributed by atoms with E-state index in [9.17, 15) is 0 Å². The lowest BCUT2D eigenvalue weighted by Crippen LogP contribution is -2.40. The molecule has 0 unspecified atom stereocenters. The Labute approximate surface area is 130 Å². The zero-order valence-electron chi connectivity index (χ0n) is 11.6. The minimum Gasteiger partial charge on any atom is -0.262 e. The van der Waals surface area contributed by atoms with Gasteiger partial charge in [0.25, 0.3) is 0 Å². The molecule has 8 heteroatoms. The quantitative estimate of drug-likeness (QED) is 0.874. The summed E-state index contributed by atoms with van der Waals surface area (Å²) in [4.78, 5) is 0. The second kappa shape index (κ2) is 5.57. The molecule has 108 valence electrons. The molecule has 1 aromatic carbocycles. The van der Waals surface area contributed by atoms with E-state index in [1.165, 1.54) is 5.23 Å². The molecule has 0 amide bonds. The fourth-order valence-electron chi connectivity index (χ4n) is 1.93. The summed E-state index contributed by atoms with van der Waals surface area (Å²) in [7, 11) is 0. The van der Waals surface area contributed by atoms with E-state index in [0.29, 0.717) is 5.84 Å². The molecule has 1 aromatic heterocycles. The SMILES string of the molecule is Cc1cc(C)n(C2=NNN(Nc3ccc(Br)cc3)N=C2)n1. The van der Waals surface area contributed by atoms with Crippen LogP contribution in [0.3, 0.4) is 0 Å². The summed E-state index contributed by atoms with van der Waals surface area (Å²) < 4.78 is 2.76. The first-order valence-electron chi connectivity index (χ1n) is 6.35. The molecule has 0 bridgehead atoms. The van der Waals surface area contributed by atoms with Gasteiger partial charge >= 0.3 is 0 Å². The minimum atomic E-state index is 0.634. The van der Waals surface area contributed by atoms with Gasteiger partial charge in [-0.05, 0) is 44.2 Å². The highest BCUT2D eigenvalue weighted by Gasteiger charge is 2.11. The Kier molecular flexibility index (Phi) is 3.61. The van der Waals surface area contributed by atoms with Crippen LogP contribution in [-0.2, 0) is 0 Å². The number of anilines is 1. The van der Waals surface area contributed by atoms with Crippen molar-refractivity contribution in [2.75, 3.05) is 5.43 Å². The molecule has 3 rings (SSSR count). The van der Waals surface area contributed by atoms with Crippen LogP contribution < -0.4 is 11.0 Å². The lowest BCUT2D eigenvalue weighted by atomic mass is 10.3. The van der Waals surface area contributed by atoms with Crippen molar-refractivity contribution in [1.82, 2.24) is 20.5 Å². The van der Waals surface area contributed by atoms with Crippen molar-refractivity contribution in [3.8, 4) is 0 Å². The van der Waals surface area contributed by atoms with E-state index in [0.717, 1.165) is 21.5 Å². The molecule has 7 nitrogen and oxygen atoms in total. The number of halogens is 1. The number of rotatable bonds is 2. The van der Waals surface area contributed by atoms with E-state index in [2.05, 4.69) is 42.2 Å². The largest absolute Gasteiger partial charge is 0.262 e. The van der Waals surface area contributed by atoms with Gasteiger partial charge in [-0.1, -0.05) is 21.2 Å². The highest BCUT2D eigenvalue weighted by Crippen LogP contribution is 2.14. The van der Waals surface area contributed by atoms with Gasteiger partial charge in [-0.3, -0.25) is 5.43 Å². The highest BCUT2D eigenvalue weighted by molar-refractivity contribution is 9.10. The van der Waals surface area contributed by atoms with Crippen LogP contribution in [0.1, 0.15) is 11.4 Å². The molecule has 0 spiro atoms. The number of nitrogens with one attached hydrogen (secondary N) is 2. The number of hydrogen-bond donors (Lipinski definition) is 2. The van der Waals surface area contributed by atoms with Gasteiger partial charge in [-0.15, -0.1) is 10.2 Å². The molecule has 2 heterocycles. The Hall–Kier alpha value is -2.35. The summed E-state index contributed by atoms with van der Waals surface area (Å²) in [6.45, 7) is 3.92. The van der Waals surface area contributed by atoms with E-state index in [1.807, 2.05) is 44.2 Å². The number of aryl methyl sites for hydroxylation is 2. The van der Waals surface area contributed by atoms with Crippen LogP contribution in [0.5, 0.6) is 0 Å². The molecule has 0 saturated carbocycles. The van der Waals surface area contributed by atoms with E-state index in [-0.39, 0.29) is 0 Å². The van der Waals surface area contributed by atoms with Crippen molar-refractivity contribution in [2.24, 2.45) is 10.2 Å². The molecule has 21 heavy (non-hydrogen) atoms. The third kappa shape index (κ3) is 3.05. The van der Waals surface area contributed by atoms with Gasteiger partial charge in [0.1, 0.15) is 0 Å². The molecular formula is C13H14BrN7. The lowest BCUT2D eigenvalue weighted by Gasteiger charge is -2.22. The number of hydrazone groups is 2.